The minimum atomic E-state index is -3.60. The lowest BCUT2D eigenvalue weighted by Gasteiger charge is -2.34. The summed E-state index contributed by atoms with van der Waals surface area (Å²) < 4.78 is 27.5. The van der Waals surface area contributed by atoms with E-state index in [9.17, 15) is 18.0 Å². The number of amides is 2. The number of benzene rings is 2. The van der Waals surface area contributed by atoms with Crippen LogP contribution in [0.4, 0.5) is 0 Å². The monoisotopic (exact) mass is 471 g/mol. The molecule has 3 rings (SSSR count). The van der Waals surface area contributed by atoms with E-state index >= 15 is 0 Å². The van der Waals surface area contributed by atoms with Crippen molar-refractivity contribution in [3.63, 3.8) is 0 Å². The van der Waals surface area contributed by atoms with Crippen LogP contribution in [0.3, 0.4) is 0 Å². The molecule has 0 bridgehead atoms. The van der Waals surface area contributed by atoms with E-state index in [0.717, 1.165) is 12.0 Å². The van der Waals surface area contributed by atoms with Gasteiger partial charge >= 0.3 is 0 Å². The Kier molecular flexibility index (Phi) is 8.26. The molecular formula is C25H33N3O4S. The molecule has 1 fully saturated rings. The Morgan fingerprint density at radius 3 is 2.18 bits per heavy atom. The summed E-state index contributed by atoms with van der Waals surface area (Å²) in [7, 11) is -3.60. The molecule has 7 nitrogen and oxygen atoms in total. The van der Waals surface area contributed by atoms with Crippen molar-refractivity contribution in [1.82, 2.24) is 14.5 Å². The summed E-state index contributed by atoms with van der Waals surface area (Å²) >= 11 is 0. The van der Waals surface area contributed by atoms with E-state index in [1.165, 1.54) is 28.6 Å². The van der Waals surface area contributed by atoms with Crippen molar-refractivity contribution in [2.75, 3.05) is 26.2 Å². The van der Waals surface area contributed by atoms with Gasteiger partial charge in [0.1, 0.15) is 0 Å². The summed E-state index contributed by atoms with van der Waals surface area (Å²) in [5.41, 5.74) is 1.33. The molecule has 1 saturated heterocycles. The first-order valence-electron chi connectivity index (χ1n) is 11.4. The Balaban J connectivity index is 1.59. The van der Waals surface area contributed by atoms with Gasteiger partial charge in [0.2, 0.25) is 15.9 Å². The van der Waals surface area contributed by atoms with Gasteiger partial charge in [-0.2, -0.15) is 4.31 Å². The number of hydrogen-bond donors (Lipinski definition) is 1. The van der Waals surface area contributed by atoms with Gasteiger partial charge < -0.3 is 10.2 Å². The van der Waals surface area contributed by atoms with E-state index < -0.39 is 15.9 Å². The minimum Gasteiger partial charge on any atom is -0.343 e. The third kappa shape index (κ3) is 6.42. The largest absolute Gasteiger partial charge is 0.343 e. The Morgan fingerprint density at radius 2 is 1.61 bits per heavy atom. The number of nitrogens with one attached hydrogen (secondary N) is 1. The van der Waals surface area contributed by atoms with Crippen molar-refractivity contribution >= 4 is 21.8 Å². The first-order chi connectivity index (χ1) is 15.7. The van der Waals surface area contributed by atoms with Crippen LogP contribution >= 0.6 is 0 Å². The third-order valence-electron chi connectivity index (χ3n) is 5.94. The van der Waals surface area contributed by atoms with Gasteiger partial charge in [-0.05, 0) is 55.0 Å². The normalized spacial score (nSPS) is 19.1. The summed E-state index contributed by atoms with van der Waals surface area (Å²) in [5.74, 6) is 0.0388. The maximum Gasteiger partial charge on any atom is 0.251 e. The van der Waals surface area contributed by atoms with Gasteiger partial charge in [-0.3, -0.25) is 9.59 Å². The third-order valence-corrected chi connectivity index (χ3v) is 7.79. The number of piperidine rings is 1. The molecule has 1 N–H and O–H groups in total. The molecule has 2 aromatic carbocycles. The smallest absolute Gasteiger partial charge is 0.251 e. The molecule has 2 unspecified atom stereocenters. The predicted molar refractivity (Wildman–Crippen MR) is 128 cm³/mol. The second-order valence-electron chi connectivity index (χ2n) is 8.87. The Morgan fingerprint density at radius 1 is 1.00 bits per heavy atom. The molecule has 2 aromatic rings. The zero-order valence-corrected chi connectivity index (χ0v) is 20.3. The minimum absolute atomic E-state index is 0.122. The number of likely N-dealkylation sites (N-methyl/N-ethyl adjacent to an activating group) is 1. The standard InChI is InChI=1S/C25H33N3O4S/c1-4-27(18-21-8-6-5-7-9-21)24(29)15-26-25(30)22-10-12-23(13-11-22)33(31,32)28-16-19(2)14-20(3)17-28/h5-13,19-20H,4,14-18H2,1-3H3,(H,26,30). The van der Waals surface area contributed by atoms with Crippen molar-refractivity contribution in [3.8, 4) is 0 Å². The zero-order chi connectivity index (χ0) is 24.0. The van der Waals surface area contributed by atoms with Gasteiger partial charge in [-0.1, -0.05) is 44.2 Å². The topological polar surface area (TPSA) is 86.8 Å². The predicted octanol–water partition coefficient (Wildman–Crippen LogP) is 3.13. The average Bonchev–Trinajstić information content (AvgIpc) is 2.81. The van der Waals surface area contributed by atoms with Gasteiger partial charge in [-0.25, -0.2) is 8.42 Å². The second kappa shape index (κ2) is 10.9. The molecule has 0 aromatic heterocycles. The van der Waals surface area contributed by atoms with Gasteiger partial charge in [-0.15, -0.1) is 0 Å². The van der Waals surface area contributed by atoms with Crippen LogP contribution in [0, 0.1) is 11.8 Å². The van der Waals surface area contributed by atoms with E-state index in [0.29, 0.717) is 43.6 Å². The van der Waals surface area contributed by atoms with E-state index in [1.807, 2.05) is 37.3 Å². The molecule has 33 heavy (non-hydrogen) atoms. The molecule has 0 radical (unpaired) electrons. The summed E-state index contributed by atoms with van der Waals surface area (Å²) in [4.78, 5) is 26.9. The van der Waals surface area contributed by atoms with Crippen LogP contribution in [0.15, 0.2) is 59.5 Å². The molecule has 0 aliphatic carbocycles. The highest BCUT2D eigenvalue weighted by atomic mass is 32.2. The summed E-state index contributed by atoms with van der Waals surface area (Å²) in [6.45, 7) is 7.92. The average molecular weight is 472 g/mol. The Bertz CT molecular complexity index is 1040. The number of hydrogen-bond acceptors (Lipinski definition) is 4. The summed E-state index contributed by atoms with van der Waals surface area (Å²) in [6, 6.07) is 15.6. The van der Waals surface area contributed by atoms with Crippen LogP contribution < -0.4 is 5.32 Å². The number of nitrogens with zero attached hydrogens (tertiary/aromatic N) is 2. The van der Waals surface area contributed by atoms with Crippen molar-refractivity contribution in [2.24, 2.45) is 11.8 Å². The number of carbonyl (C=O) groups excluding carboxylic acids is 2. The van der Waals surface area contributed by atoms with E-state index in [2.05, 4.69) is 19.2 Å². The molecule has 1 aliphatic heterocycles. The van der Waals surface area contributed by atoms with Gasteiger partial charge in [0, 0.05) is 31.7 Å². The highest BCUT2D eigenvalue weighted by Gasteiger charge is 2.31. The molecule has 0 spiro atoms. The lowest BCUT2D eigenvalue weighted by molar-refractivity contribution is -0.130. The lowest BCUT2D eigenvalue weighted by atomic mass is 9.94. The van der Waals surface area contributed by atoms with Crippen LogP contribution in [0.1, 0.15) is 43.1 Å². The maximum absolute atomic E-state index is 13.0. The van der Waals surface area contributed by atoms with Crippen LogP contribution in [0.5, 0.6) is 0 Å². The molecule has 178 valence electrons. The van der Waals surface area contributed by atoms with E-state index in [1.54, 1.807) is 4.90 Å². The second-order valence-corrected chi connectivity index (χ2v) is 10.8. The van der Waals surface area contributed by atoms with Crippen LogP contribution in [0.2, 0.25) is 0 Å². The fourth-order valence-electron chi connectivity index (χ4n) is 4.28. The summed E-state index contributed by atoms with van der Waals surface area (Å²) in [6.07, 6.45) is 1.02. The van der Waals surface area contributed by atoms with Gasteiger partial charge in [0.05, 0.1) is 11.4 Å². The fraction of sp³-hybridized carbons (Fsp3) is 0.440. The number of carbonyl (C=O) groups is 2. The molecule has 1 aliphatic rings. The van der Waals surface area contributed by atoms with Crippen LogP contribution in [-0.2, 0) is 21.4 Å². The molecule has 2 atom stereocenters. The van der Waals surface area contributed by atoms with Gasteiger partial charge in [0.25, 0.3) is 5.91 Å². The first-order valence-corrected chi connectivity index (χ1v) is 12.8. The first kappa shape index (κ1) is 24.9. The lowest BCUT2D eigenvalue weighted by Crippen LogP contribution is -2.42. The quantitative estimate of drug-likeness (QED) is 0.641. The van der Waals surface area contributed by atoms with Crippen LogP contribution in [0.25, 0.3) is 0 Å². The maximum atomic E-state index is 13.0. The highest BCUT2D eigenvalue weighted by molar-refractivity contribution is 7.89. The van der Waals surface area contributed by atoms with Crippen molar-refractivity contribution in [2.45, 2.75) is 38.6 Å². The fourth-order valence-corrected chi connectivity index (χ4v) is 5.96. The van der Waals surface area contributed by atoms with Crippen molar-refractivity contribution in [1.29, 1.82) is 0 Å². The highest BCUT2D eigenvalue weighted by Crippen LogP contribution is 2.26. The van der Waals surface area contributed by atoms with Crippen LogP contribution in [-0.4, -0.2) is 55.6 Å². The molecular weight excluding hydrogens is 438 g/mol. The van der Waals surface area contributed by atoms with E-state index in [4.69, 9.17) is 0 Å². The number of sulfonamides is 1. The SMILES string of the molecule is CCN(Cc1ccccc1)C(=O)CNC(=O)c1ccc(S(=O)(=O)N2CC(C)CC(C)C2)cc1. The Hall–Kier alpha value is -2.71. The molecule has 0 saturated carbocycles. The zero-order valence-electron chi connectivity index (χ0n) is 19.5. The Labute approximate surface area is 196 Å². The molecule has 1 heterocycles. The molecule has 8 heteroatoms. The summed E-state index contributed by atoms with van der Waals surface area (Å²) in [5, 5.41) is 2.64. The van der Waals surface area contributed by atoms with Crippen molar-refractivity contribution in [3.05, 3.63) is 65.7 Å². The number of rotatable bonds is 8. The molecule has 2 amide bonds. The van der Waals surface area contributed by atoms with Crippen molar-refractivity contribution < 1.29 is 18.0 Å². The van der Waals surface area contributed by atoms with Gasteiger partial charge in [0.15, 0.2) is 0 Å². The van der Waals surface area contributed by atoms with E-state index in [-0.39, 0.29) is 17.3 Å².